The largest absolute Gasteiger partial charge is 0.392 e. The number of anilines is 1. The van der Waals surface area contributed by atoms with Crippen LogP contribution in [-0.4, -0.2) is 41.1 Å². The van der Waals surface area contributed by atoms with E-state index in [1.807, 2.05) is 26.0 Å². The standard InChI is InChI=1S/C18H28N2O2/c1-12(2)16-9-5-7-13(3)17(16)19-18(22)14(4)20-10-6-8-15(21)11-20/h5,7,9,12,14-15,21H,6,8,10-11H2,1-4H3,(H,19,22). The molecule has 1 fully saturated rings. The lowest BCUT2D eigenvalue weighted by atomic mass is 9.98. The minimum absolute atomic E-state index is 0.00491. The molecule has 0 aromatic heterocycles. The van der Waals surface area contributed by atoms with E-state index in [0.29, 0.717) is 12.5 Å². The molecule has 2 atom stereocenters. The molecule has 2 N–H and O–H groups in total. The number of nitrogens with one attached hydrogen (secondary N) is 1. The van der Waals surface area contributed by atoms with Gasteiger partial charge in [-0.2, -0.15) is 0 Å². The van der Waals surface area contributed by atoms with Crippen LogP contribution in [0.5, 0.6) is 0 Å². The number of benzene rings is 1. The number of aryl methyl sites for hydroxylation is 1. The first kappa shape index (κ1) is 17.0. The van der Waals surface area contributed by atoms with Crippen LogP contribution in [0.1, 0.15) is 50.7 Å². The summed E-state index contributed by atoms with van der Waals surface area (Å²) < 4.78 is 0. The van der Waals surface area contributed by atoms with Gasteiger partial charge in [-0.15, -0.1) is 0 Å². The Hall–Kier alpha value is -1.39. The summed E-state index contributed by atoms with van der Waals surface area (Å²) >= 11 is 0. The molecule has 1 aliphatic heterocycles. The van der Waals surface area contributed by atoms with E-state index < -0.39 is 0 Å². The molecule has 1 aliphatic rings. The highest BCUT2D eigenvalue weighted by Gasteiger charge is 2.27. The predicted octanol–water partition coefficient (Wildman–Crippen LogP) is 2.90. The molecule has 2 rings (SSSR count). The number of hydrogen-bond acceptors (Lipinski definition) is 3. The van der Waals surface area contributed by atoms with Crippen LogP contribution >= 0.6 is 0 Å². The summed E-state index contributed by atoms with van der Waals surface area (Å²) in [6.45, 7) is 9.66. The summed E-state index contributed by atoms with van der Waals surface area (Å²) in [4.78, 5) is 14.7. The maximum atomic E-state index is 12.6. The maximum absolute atomic E-state index is 12.6. The Bertz CT molecular complexity index is 528. The highest BCUT2D eigenvalue weighted by Crippen LogP contribution is 2.27. The second-order valence-electron chi connectivity index (χ2n) is 6.65. The molecule has 0 spiro atoms. The van der Waals surface area contributed by atoms with Crippen molar-refractivity contribution in [1.82, 2.24) is 4.90 Å². The molecule has 0 bridgehead atoms. The number of carbonyl (C=O) groups is 1. The summed E-state index contributed by atoms with van der Waals surface area (Å²) in [5.74, 6) is 0.368. The molecule has 1 aromatic rings. The predicted molar refractivity (Wildman–Crippen MR) is 90.2 cm³/mol. The van der Waals surface area contributed by atoms with E-state index in [1.54, 1.807) is 0 Å². The molecule has 1 amide bonds. The van der Waals surface area contributed by atoms with Crippen molar-refractivity contribution >= 4 is 11.6 Å². The molecular weight excluding hydrogens is 276 g/mol. The van der Waals surface area contributed by atoms with Crippen LogP contribution in [0.3, 0.4) is 0 Å². The molecule has 1 heterocycles. The monoisotopic (exact) mass is 304 g/mol. The topological polar surface area (TPSA) is 52.6 Å². The highest BCUT2D eigenvalue weighted by atomic mass is 16.3. The Morgan fingerprint density at radius 1 is 1.36 bits per heavy atom. The Morgan fingerprint density at radius 2 is 2.09 bits per heavy atom. The summed E-state index contributed by atoms with van der Waals surface area (Å²) in [6.07, 6.45) is 1.47. The van der Waals surface area contributed by atoms with Crippen LogP contribution in [-0.2, 0) is 4.79 Å². The van der Waals surface area contributed by atoms with Gasteiger partial charge in [-0.1, -0.05) is 32.0 Å². The Balaban J connectivity index is 2.11. The van der Waals surface area contributed by atoms with Gasteiger partial charge in [0, 0.05) is 12.2 Å². The normalized spacial score (nSPS) is 20.9. The molecule has 4 nitrogen and oxygen atoms in total. The van der Waals surface area contributed by atoms with Gasteiger partial charge in [-0.25, -0.2) is 0 Å². The van der Waals surface area contributed by atoms with Gasteiger partial charge in [0.15, 0.2) is 0 Å². The first-order valence-electron chi connectivity index (χ1n) is 8.22. The number of rotatable bonds is 4. The zero-order chi connectivity index (χ0) is 16.3. The van der Waals surface area contributed by atoms with Crippen LogP contribution < -0.4 is 5.32 Å². The first-order chi connectivity index (χ1) is 10.4. The van der Waals surface area contributed by atoms with Crippen LogP contribution in [0.15, 0.2) is 18.2 Å². The minimum atomic E-state index is -0.311. The Labute approximate surface area is 133 Å². The zero-order valence-corrected chi connectivity index (χ0v) is 14.1. The van der Waals surface area contributed by atoms with Gasteiger partial charge in [0.05, 0.1) is 12.1 Å². The third-order valence-electron chi connectivity index (χ3n) is 4.53. The van der Waals surface area contributed by atoms with E-state index in [9.17, 15) is 9.90 Å². The Kier molecular flexibility index (Phi) is 5.59. The van der Waals surface area contributed by atoms with Crippen molar-refractivity contribution in [1.29, 1.82) is 0 Å². The number of likely N-dealkylation sites (tertiary alicyclic amines) is 1. The van der Waals surface area contributed by atoms with Gasteiger partial charge < -0.3 is 10.4 Å². The number of aliphatic hydroxyl groups is 1. The van der Waals surface area contributed by atoms with Crippen molar-refractivity contribution in [2.75, 3.05) is 18.4 Å². The van der Waals surface area contributed by atoms with Gasteiger partial charge in [-0.3, -0.25) is 9.69 Å². The third-order valence-corrected chi connectivity index (χ3v) is 4.53. The zero-order valence-electron chi connectivity index (χ0n) is 14.1. The van der Waals surface area contributed by atoms with Gasteiger partial charge >= 0.3 is 0 Å². The van der Waals surface area contributed by atoms with Crippen LogP contribution in [0.4, 0.5) is 5.69 Å². The molecule has 0 radical (unpaired) electrons. The molecule has 0 aliphatic carbocycles. The summed E-state index contributed by atoms with van der Waals surface area (Å²) in [6, 6.07) is 5.90. The first-order valence-corrected chi connectivity index (χ1v) is 8.22. The fraction of sp³-hybridized carbons (Fsp3) is 0.611. The number of amides is 1. The van der Waals surface area contributed by atoms with Crippen LogP contribution in [0, 0.1) is 6.92 Å². The number of para-hydroxylation sites is 1. The summed E-state index contributed by atoms with van der Waals surface area (Å²) in [5.41, 5.74) is 3.19. The smallest absolute Gasteiger partial charge is 0.241 e. The number of β-amino-alcohol motifs (C(OH)–C–C–N with tert-alkyl or cyclic N) is 1. The van der Waals surface area contributed by atoms with E-state index in [-0.39, 0.29) is 18.1 Å². The van der Waals surface area contributed by atoms with Crippen LogP contribution in [0.25, 0.3) is 0 Å². The average molecular weight is 304 g/mol. The van der Waals surface area contributed by atoms with Crippen molar-refractivity contribution in [2.24, 2.45) is 0 Å². The SMILES string of the molecule is Cc1cccc(C(C)C)c1NC(=O)C(C)N1CCCC(O)C1. The van der Waals surface area contributed by atoms with E-state index in [1.165, 1.54) is 5.56 Å². The van der Waals surface area contributed by atoms with Gasteiger partial charge in [0.1, 0.15) is 0 Å². The number of carbonyl (C=O) groups excluding carboxylic acids is 1. The molecule has 1 saturated heterocycles. The molecule has 4 heteroatoms. The van der Waals surface area contributed by atoms with E-state index in [2.05, 4.69) is 30.1 Å². The molecular formula is C18H28N2O2. The van der Waals surface area contributed by atoms with Crippen molar-refractivity contribution in [3.8, 4) is 0 Å². The van der Waals surface area contributed by atoms with Gasteiger partial charge in [-0.05, 0) is 50.3 Å². The number of piperidine rings is 1. The molecule has 1 aromatic carbocycles. The van der Waals surface area contributed by atoms with Gasteiger partial charge in [0.25, 0.3) is 0 Å². The molecule has 22 heavy (non-hydrogen) atoms. The fourth-order valence-corrected chi connectivity index (χ4v) is 3.07. The lowest BCUT2D eigenvalue weighted by Crippen LogP contribution is -2.48. The third kappa shape index (κ3) is 3.87. The minimum Gasteiger partial charge on any atom is -0.392 e. The van der Waals surface area contributed by atoms with Gasteiger partial charge in [0.2, 0.25) is 5.91 Å². The number of aliphatic hydroxyl groups excluding tert-OH is 1. The van der Waals surface area contributed by atoms with Crippen molar-refractivity contribution in [3.63, 3.8) is 0 Å². The fourth-order valence-electron chi connectivity index (χ4n) is 3.07. The number of nitrogens with zero attached hydrogens (tertiary/aromatic N) is 1. The lowest BCUT2D eigenvalue weighted by Gasteiger charge is -2.34. The second-order valence-corrected chi connectivity index (χ2v) is 6.65. The van der Waals surface area contributed by atoms with E-state index in [4.69, 9.17) is 0 Å². The molecule has 0 saturated carbocycles. The summed E-state index contributed by atoms with van der Waals surface area (Å²) in [7, 11) is 0. The van der Waals surface area contributed by atoms with E-state index in [0.717, 1.165) is 30.6 Å². The van der Waals surface area contributed by atoms with Crippen LogP contribution in [0.2, 0.25) is 0 Å². The molecule has 122 valence electrons. The molecule has 2 unspecified atom stereocenters. The quantitative estimate of drug-likeness (QED) is 0.899. The average Bonchev–Trinajstić information content (AvgIpc) is 2.48. The number of hydrogen-bond donors (Lipinski definition) is 2. The van der Waals surface area contributed by atoms with Crippen molar-refractivity contribution in [2.45, 2.75) is 58.6 Å². The Morgan fingerprint density at radius 3 is 2.73 bits per heavy atom. The highest BCUT2D eigenvalue weighted by molar-refractivity contribution is 5.96. The summed E-state index contributed by atoms with van der Waals surface area (Å²) in [5, 5.41) is 12.9. The van der Waals surface area contributed by atoms with E-state index >= 15 is 0 Å². The van der Waals surface area contributed by atoms with Crippen molar-refractivity contribution < 1.29 is 9.90 Å². The van der Waals surface area contributed by atoms with Crippen molar-refractivity contribution in [3.05, 3.63) is 29.3 Å². The lowest BCUT2D eigenvalue weighted by molar-refractivity contribution is -0.121. The maximum Gasteiger partial charge on any atom is 0.241 e. The second kappa shape index (κ2) is 7.25.